The van der Waals surface area contributed by atoms with Gasteiger partial charge in [0.2, 0.25) is 0 Å². The zero-order valence-corrected chi connectivity index (χ0v) is 21.4. The molecule has 4 rings (SSSR count). The van der Waals surface area contributed by atoms with E-state index in [0.29, 0.717) is 44.4 Å². The summed E-state index contributed by atoms with van der Waals surface area (Å²) in [5, 5.41) is 18.4. The van der Waals surface area contributed by atoms with Gasteiger partial charge in [0, 0.05) is 31.6 Å². The summed E-state index contributed by atoms with van der Waals surface area (Å²) in [5.74, 6) is 1.35. The highest BCUT2D eigenvalue weighted by atomic mass is 32.2. The Morgan fingerprint density at radius 2 is 1.88 bits per heavy atom. The van der Waals surface area contributed by atoms with E-state index in [1.807, 2.05) is 13.1 Å². The molecule has 0 unspecified atom stereocenters. The summed E-state index contributed by atoms with van der Waals surface area (Å²) in [7, 11) is -1.81. The maximum absolute atomic E-state index is 13.0. The van der Waals surface area contributed by atoms with Crippen LogP contribution >= 0.6 is 23.1 Å². The van der Waals surface area contributed by atoms with Gasteiger partial charge in [0.05, 0.1) is 30.2 Å². The fraction of sp³-hybridized carbons (Fsp3) is 0.500. The van der Waals surface area contributed by atoms with Gasteiger partial charge >= 0.3 is 0 Å². The number of nitrogens with one attached hydrogen (secondary N) is 2. The Labute approximate surface area is 201 Å². The Bertz CT molecular complexity index is 1200. The van der Waals surface area contributed by atoms with Crippen LogP contribution in [0.25, 0.3) is 0 Å². The average molecular weight is 513 g/mol. The molecule has 0 bridgehead atoms. The number of hydrogen-bond acceptors (Lipinski definition) is 11. The Morgan fingerprint density at radius 3 is 2.55 bits per heavy atom. The Kier molecular flexibility index (Phi) is 6.69. The van der Waals surface area contributed by atoms with Crippen molar-refractivity contribution in [3.63, 3.8) is 0 Å². The van der Waals surface area contributed by atoms with Crippen LogP contribution < -0.4 is 10.6 Å². The summed E-state index contributed by atoms with van der Waals surface area (Å²) >= 11 is 1.99. The lowest BCUT2D eigenvalue weighted by Crippen LogP contribution is -2.46. The van der Waals surface area contributed by atoms with E-state index in [9.17, 15) is 13.5 Å². The lowest BCUT2D eigenvalue weighted by atomic mass is 9.89. The fourth-order valence-electron chi connectivity index (χ4n) is 3.30. The molecule has 1 aliphatic heterocycles. The number of furan rings is 1. The average Bonchev–Trinajstić information content (AvgIpc) is 3.48. The minimum atomic E-state index is -3.77. The molecule has 0 saturated carbocycles. The first-order valence-corrected chi connectivity index (χ1v) is 13.5. The number of nitrogens with zero attached hydrogens (tertiary/aromatic N) is 4. The molecular formula is C20H28N6O4S3. The van der Waals surface area contributed by atoms with Gasteiger partial charge in [-0.15, -0.1) is 11.3 Å². The standard InChI is InChI=1S/C20H28N6O4S3/c1-20(2,3)13-9-14(30-11-13)10-21-17-18(24-32-23-17)22-15-12-31-19(16(15)27)33(28,29)26-7-5-25(4)6-8-26/h9,11-12,27H,5-8,10H2,1-4H3,(H,21,23)(H,22,24). The van der Waals surface area contributed by atoms with Crippen molar-refractivity contribution < 1.29 is 17.9 Å². The van der Waals surface area contributed by atoms with E-state index in [1.165, 1.54) is 4.31 Å². The van der Waals surface area contributed by atoms with Crippen molar-refractivity contribution in [2.24, 2.45) is 0 Å². The van der Waals surface area contributed by atoms with Crippen LogP contribution in [0.2, 0.25) is 0 Å². The van der Waals surface area contributed by atoms with E-state index in [2.05, 4.69) is 45.1 Å². The molecule has 1 saturated heterocycles. The lowest BCUT2D eigenvalue weighted by Gasteiger charge is -2.31. The molecule has 13 heteroatoms. The third kappa shape index (κ3) is 5.17. The van der Waals surface area contributed by atoms with Crippen LogP contribution in [-0.2, 0) is 22.0 Å². The van der Waals surface area contributed by atoms with Crippen LogP contribution in [0, 0.1) is 0 Å². The smallest absolute Gasteiger partial charge is 0.256 e. The van der Waals surface area contributed by atoms with Gasteiger partial charge in [-0.3, -0.25) is 0 Å². The Balaban J connectivity index is 1.45. The lowest BCUT2D eigenvalue weighted by molar-refractivity contribution is 0.222. The van der Waals surface area contributed by atoms with E-state index in [-0.39, 0.29) is 21.1 Å². The van der Waals surface area contributed by atoms with Crippen LogP contribution in [-0.4, -0.2) is 64.7 Å². The molecule has 180 valence electrons. The number of sulfonamides is 1. The summed E-state index contributed by atoms with van der Waals surface area (Å²) in [6, 6.07) is 2.00. The second kappa shape index (κ2) is 9.22. The maximum atomic E-state index is 13.0. The number of anilines is 3. The van der Waals surface area contributed by atoms with Crippen molar-refractivity contribution in [3.8, 4) is 5.75 Å². The molecule has 1 aliphatic rings. The molecule has 0 aromatic carbocycles. The first kappa shape index (κ1) is 24.0. The monoisotopic (exact) mass is 512 g/mol. The van der Waals surface area contributed by atoms with Crippen LogP contribution in [0.15, 0.2) is 26.3 Å². The fourth-order valence-corrected chi connectivity index (χ4v) is 6.59. The van der Waals surface area contributed by atoms with E-state index in [0.717, 1.165) is 34.4 Å². The minimum Gasteiger partial charge on any atom is -0.504 e. The highest BCUT2D eigenvalue weighted by Gasteiger charge is 2.32. The van der Waals surface area contributed by atoms with Crippen molar-refractivity contribution >= 4 is 50.4 Å². The van der Waals surface area contributed by atoms with Gasteiger partial charge in [0.1, 0.15) is 5.76 Å². The molecule has 0 amide bonds. The minimum absolute atomic E-state index is 0.00467. The molecule has 0 spiro atoms. The quantitative estimate of drug-likeness (QED) is 0.436. The predicted molar refractivity (Wildman–Crippen MR) is 130 cm³/mol. The molecular weight excluding hydrogens is 484 g/mol. The van der Waals surface area contributed by atoms with E-state index < -0.39 is 10.0 Å². The molecule has 3 aromatic heterocycles. The number of aromatic nitrogens is 2. The zero-order chi connectivity index (χ0) is 23.8. The summed E-state index contributed by atoms with van der Waals surface area (Å²) in [6.45, 7) is 8.87. The van der Waals surface area contributed by atoms with E-state index in [4.69, 9.17) is 4.42 Å². The third-order valence-corrected chi connectivity index (χ3v) is 9.38. The normalized spacial score (nSPS) is 16.2. The Morgan fingerprint density at radius 1 is 1.18 bits per heavy atom. The molecule has 0 aliphatic carbocycles. The molecule has 10 nitrogen and oxygen atoms in total. The van der Waals surface area contributed by atoms with Gasteiger partial charge in [0.15, 0.2) is 21.6 Å². The third-order valence-electron chi connectivity index (χ3n) is 5.46. The zero-order valence-electron chi connectivity index (χ0n) is 19.0. The number of rotatable bonds is 7. The van der Waals surface area contributed by atoms with Crippen LogP contribution in [0.5, 0.6) is 5.75 Å². The molecule has 3 aromatic rings. The van der Waals surface area contributed by atoms with Crippen molar-refractivity contribution in [2.75, 3.05) is 43.9 Å². The number of aromatic hydroxyl groups is 1. The first-order chi connectivity index (χ1) is 15.6. The van der Waals surface area contributed by atoms with Crippen LogP contribution in [0.3, 0.4) is 0 Å². The first-order valence-electron chi connectivity index (χ1n) is 10.5. The summed E-state index contributed by atoms with van der Waals surface area (Å²) in [5.41, 5.74) is 1.37. The van der Waals surface area contributed by atoms with Gasteiger partial charge in [-0.25, -0.2) is 8.42 Å². The second-order valence-corrected chi connectivity index (χ2v) is 12.5. The van der Waals surface area contributed by atoms with Crippen molar-refractivity contribution in [3.05, 3.63) is 29.0 Å². The SMILES string of the molecule is CN1CCN(S(=O)(=O)c2scc(Nc3nsnc3NCc3cc(C(C)(C)C)co3)c2O)CC1. The molecule has 0 radical (unpaired) electrons. The maximum Gasteiger partial charge on any atom is 0.256 e. The molecule has 0 atom stereocenters. The number of hydrogen-bond donors (Lipinski definition) is 3. The van der Waals surface area contributed by atoms with Gasteiger partial charge in [-0.05, 0) is 24.1 Å². The van der Waals surface area contributed by atoms with Crippen molar-refractivity contribution in [1.29, 1.82) is 0 Å². The van der Waals surface area contributed by atoms with E-state index in [1.54, 1.807) is 11.6 Å². The highest BCUT2D eigenvalue weighted by Crippen LogP contribution is 2.41. The number of piperazine rings is 1. The predicted octanol–water partition coefficient (Wildman–Crippen LogP) is 3.49. The summed E-state index contributed by atoms with van der Waals surface area (Å²) in [4.78, 5) is 2.07. The molecule has 33 heavy (non-hydrogen) atoms. The van der Waals surface area contributed by atoms with Crippen LogP contribution in [0.4, 0.5) is 17.3 Å². The number of likely N-dealkylation sites (N-methyl/N-ethyl adjacent to an activating group) is 1. The molecule has 3 N–H and O–H groups in total. The highest BCUT2D eigenvalue weighted by molar-refractivity contribution is 7.91. The molecule has 1 fully saturated rings. The summed E-state index contributed by atoms with van der Waals surface area (Å²) < 4.78 is 41.5. The topological polar surface area (TPSA) is 124 Å². The largest absolute Gasteiger partial charge is 0.504 e. The van der Waals surface area contributed by atoms with Crippen molar-refractivity contribution in [2.45, 2.75) is 36.9 Å². The van der Waals surface area contributed by atoms with Gasteiger partial charge in [-0.2, -0.15) is 13.1 Å². The van der Waals surface area contributed by atoms with Crippen molar-refractivity contribution in [1.82, 2.24) is 18.0 Å². The summed E-state index contributed by atoms with van der Waals surface area (Å²) in [6.07, 6.45) is 1.75. The number of thiophene rings is 1. The van der Waals surface area contributed by atoms with Gasteiger partial charge < -0.3 is 25.1 Å². The van der Waals surface area contributed by atoms with E-state index >= 15 is 0 Å². The molecule has 4 heterocycles. The van der Waals surface area contributed by atoms with Gasteiger partial charge in [0.25, 0.3) is 10.0 Å². The van der Waals surface area contributed by atoms with Gasteiger partial charge in [-0.1, -0.05) is 20.8 Å². The van der Waals surface area contributed by atoms with Crippen LogP contribution in [0.1, 0.15) is 32.1 Å². The second-order valence-electron chi connectivity index (χ2n) is 8.98. The Hall–Kier alpha value is -2.19.